The second-order valence-corrected chi connectivity index (χ2v) is 6.37. The van der Waals surface area contributed by atoms with E-state index >= 15 is 0 Å². The lowest BCUT2D eigenvalue weighted by Gasteiger charge is -2.09. The number of pyridine rings is 1. The highest BCUT2D eigenvalue weighted by Crippen LogP contribution is 2.22. The summed E-state index contributed by atoms with van der Waals surface area (Å²) in [6.07, 6.45) is 1.70. The predicted molar refractivity (Wildman–Crippen MR) is 114 cm³/mol. The Balaban J connectivity index is 1.60. The number of anilines is 3. The average Bonchev–Trinajstić information content (AvgIpc) is 2.68. The van der Waals surface area contributed by atoms with Crippen LogP contribution in [0.4, 0.5) is 17.3 Å². The molecule has 7 heteroatoms. The van der Waals surface area contributed by atoms with Gasteiger partial charge in [-0.05, 0) is 54.2 Å². The number of fused-ring (bicyclic) bond motifs is 2. The van der Waals surface area contributed by atoms with Crippen LogP contribution in [0.3, 0.4) is 0 Å². The SMILES string of the molecule is CCNC(=S)Nc1ccc2ncc(Nc3ccc4ccccc4c3)nc2n1. The molecule has 2 aromatic heterocycles. The highest BCUT2D eigenvalue weighted by Gasteiger charge is 2.05. The van der Waals surface area contributed by atoms with E-state index in [1.165, 1.54) is 5.39 Å². The first kappa shape index (κ1) is 17.1. The normalized spacial score (nSPS) is 10.7. The van der Waals surface area contributed by atoms with Crippen molar-refractivity contribution in [2.45, 2.75) is 6.92 Å². The Labute approximate surface area is 162 Å². The summed E-state index contributed by atoms with van der Waals surface area (Å²) in [6, 6.07) is 18.1. The maximum Gasteiger partial charge on any atom is 0.182 e. The van der Waals surface area contributed by atoms with Gasteiger partial charge in [-0.3, -0.25) is 0 Å². The minimum Gasteiger partial charge on any atom is -0.363 e. The van der Waals surface area contributed by atoms with E-state index in [9.17, 15) is 0 Å². The molecule has 0 unspecified atom stereocenters. The Morgan fingerprint density at radius 1 is 0.963 bits per heavy atom. The second-order valence-electron chi connectivity index (χ2n) is 5.97. The summed E-state index contributed by atoms with van der Waals surface area (Å²) in [5.41, 5.74) is 2.22. The minimum atomic E-state index is 0.530. The Kier molecular flexibility index (Phi) is 4.76. The first-order valence-corrected chi connectivity index (χ1v) is 9.06. The molecule has 4 aromatic rings. The zero-order valence-electron chi connectivity index (χ0n) is 14.7. The molecule has 6 nitrogen and oxygen atoms in total. The summed E-state index contributed by atoms with van der Waals surface area (Å²) >= 11 is 5.20. The van der Waals surface area contributed by atoms with Crippen LogP contribution in [0.15, 0.2) is 60.8 Å². The molecule has 0 saturated carbocycles. The van der Waals surface area contributed by atoms with Crippen molar-refractivity contribution in [1.82, 2.24) is 20.3 Å². The van der Waals surface area contributed by atoms with Crippen molar-refractivity contribution < 1.29 is 0 Å². The maximum absolute atomic E-state index is 5.20. The molecule has 0 fully saturated rings. The smallest absolute Gasteiger partial charge is 0.182 e. The van der Waals surface area contributed by atoms with Gasteiger partial charge in [0.2, 0.25) is 0 Å². The fourth-order valence-electron chi connectivity index (χ4n) is 2.76. The number of benzene rings is 2. The average molecular weight is 374 g/mol. The zero-order valence-corrected chi connectivity index (χ0v) is 15.5. The quantitative estimate of drug-likeness (QED) is 0.462. The van der Waals surface area contributed by atoms with Gasteiger partial charge in [0.1, 0.15) is 11.3 Å². The molecule has 0 radical (unpaired) electrons. The number of nitrogens with zero attached hydrogens (tertiary/aromatic N) is 3. The largest absolute Gasteiger partial charge is 0.363 e. The van der Waals surface area contributed by atoms with E-state index in [0.717, 1.165) is 23.1 Å². The molecular weight excluding hydrogens is 356 g/mol. The zero-order chi connectivity index (χ0) is 18.6. The van der Waals surface area contributed by atoms with E-state index in [2.05, 4.69) is 55.2 Å². The molecule has 0 amide bonds. The number of thiocarbonyl (C=S) groups is 1. The van der Waals surface area contributed by atoms with Crippen molar-refractivity contribution >= 4 is 56.6 Å². The van der Waals surface area contributed by atoms with Crippen molar-refractivity contribution in [3.63, 3.8) is 0 Å². The van der Waals surface area contributed by atoms with Crippen LogP contribution in [0.5, 0.6) is 0 Å². The number of aromatic nitrogens is 3. The number of hydrogen-bond donors (Lipinski definition) is 3. The molecule has 0 aliphatic heterocycles. The fraction of sp³-hybridized carbons (Fsp3) is 0.100. The number of rotatable bonds is 4. The van der Waals surface area contributed by atoms with Crippen molar-refractivity contribution in [3.05, 3.63) is 60.8 Å². The number of nitrogens with one attached hydrogen (secondary N) is 3. The lowest BCUT2D eigenvalue weighted by atomic mass is 10.1. The van der Waals surface area contributed by atoms with E-state index in [0.29, 0.717) is 22.4 Å². The van der Waals surface area contributed by atoms with Crippen LogP contribution in [0.2, 0.25) is 0 Å². The third-order valence-electron chi connectivity index (χ3n) is 4.01. The van der Waals surface area contributed by atoms with E-state index in [1.807, 2.05) is 37.3 Å². The maximum atomic E-state index is 5.20. The Hall–Kier alpha value is -3.32. The molecule has 2 aromatic carbocycles. The molecule has 0 bridgehead atoms. The van der Waals surface area contributed by atoms with Crippen molar-refractivity contribution in [2.24, 2.45) is 0 Å². The second kappa shape index (κ2) is 7.51. The van der Waals surface area contributed by atoms with Crippen LogP contribution in [0, 0.1) is 0 Å². The van der Waals surface area contributed by atoms with Gasteiger partial charge >= 0.3 is 0 Å². The number of hydrogen-bond acceptors (Lipinski definition) is 5. The Morgan fingerprint density at radius 2 is 1.78 bits per heavy atom. The highest BCUT2D eigenvalue weighted by atomic mass is 32.1. The predicted octanol–water partition coefficient (Wildman–Crippen LogP) is 4.23. The van der Waals surface area contributed by atoms with Crippen LogP contribution < -0.4 is 16.0 Å². The van der Waals surface area contributed by atoms with Gasteiger partial charge in [-0.15, -0.1) is 0 Å². The van der Waals surface area contributed by atoms with Gasteiger partial charge in [0.05, 0.1) is 6.20 Å². The summed E-state index contributed by atoms with van der Waals surface area (Å²) in [4.78, 5) is 13.5. The van der Waals surface area contributed by atoms with Crippen molar-refractivity contribution in [3.8, 4) is 0 Å². The monoisotopic (exact) mass is 374 g/mol. The molecule has 0 spiro atoms. The first-order chi connectivity index (χ1) is 13.2. The molecule has 0 aliphatic rings. The molecule has 3 N–H and O–H groups in total. The van der Waals surface area contributed by atoms with Crippen LogP contribution >= 0.6 is 12.2 Å². The molecule has 2 heterocycles. The van der Waals surface area contributed by atoms with E-state index in [4.69, 9.17) is 12.2 Å². The molecule has 0 saturated heterocycles. The topological polar surface area (TPSA) is 74.8 Å². The summed E-state index contributed by atoms with van der Waals surface area (Å²) in [5, 5.41) is 12.3. The van der Waals surface area contributed by atoms with Gasteiger partial charge in [0.25, 0.3) is 0 Å². The summed E-state index contributed by atoms with van der Waals surface area (Å²) in [6.45, 7) is 2.73. The summed E-state index contributed by atoms with van der Waals surface area (Å²) < 4.78 is 0. The fourth-order valence-corrected chi connectivity index (χ4v) is 3.01. The summed E-state index contributed by atoms with van der Waals surface area (Å²) in [7, 11) is 0. The Morgan fingerprint density at radius 3 is 2.63 bits per heavy atom. The van der Waals surface area contributed by atoms with Gasteiger partial charge in [0, 0.05) is 12.2 Å². The van der Waals surface area contributed by atoms with Crippen LogP contribution in [-0.4, -0.2) is 26.6 Å². The van der Waals surface area contributed by atoms with Crippen LogP contribution in [0.25, 0.3) is 21.9 Å². The van der Waals surface area contributed by atoms with Crippen molar-refractivity contribution in [2.75, 3.05) is 17.2 Å². The van der Waals surface area contributed by atoms with E-state index < -0.39 is 0 Å². The standard InChI is InChI=1S/C20H18N6S/c1-2-21-20(27)26-17-10-9-16-19(24-17)25-18(12-22-16)23-15-8-7-13-5-3-4-6-14(13)11-15/h3-12H,2H2,1H3,(H3,21,23,24,25,26,27). The van der Waals surface area contributed by atoms with Crippen LogP contribution in [-0.2, 0) is 0 Å². The Bertz CT molecular complexity index is 1130. The third kappa shape index (κ3) is 3.93. The lowest BCUT2D eigenvalue weighted by molar-refractivity contribution is 0.978. The lowest BCUT2D eigenvalue weighted by Crippen LogP contribution is -2.28. The molecule has 0 aliphatic carbocycles. The van der Waals surface area contributed by atoms with Gasteiger partial charge in [-0.25, -0.2) is 15.0 Å². The first-order valence-electron chi connectivity index (χ1n) is 8.66. The molecule has 134 valence electrons. The van der Waals surface area contributed by atoms with E-state index in [1.54, 1.807) is 6.20 Å². The third-order valence-corrected chi connectivity index (χ3v) is 4.25. The minimum absolute atomic E-state index is 0.530. The van der Waals surface area contributed by atoms with E-state index in [-0.39, 0.29) is 0 Å². The van der Waals surface area contributed by atoms with Crippen LogP contribution in [0.1, 0.15) is 6.92 Å². The van der Waals surface area contributed by atoms with Gasteiger partial charge in [0.15, 0.2) is 16.6 Å². The van der Waals surface area contributed by atoms with Gasteiger partial charge in [-0.1, -0.05) is 30.3 Å². The van der Waals surface area contributed by atoms with Gasteiger partial charge < -0.3 is 16.0 Å². The van der Waals surface area contributed by atoms with Crippen molar-refractivity contribution in [1.29, 1.82) is 0 Å². The molecule has 27 heavy (non-hydrogen) atoms. The molecule has 4 rings (SSSR count). The molecule has 0 atom stereocenters. The summed E-state index contributed by atoms with van der Waals surface area (Å²) in [5.74, 6) is 1.27. The molecular formula is C20H18N6S. The van der Waals surface area contributed by atoms with Gasteiger partial charge in [-0.2, -0.15) is 0 Å². The highest BCUT2D eigenvalue weighted by molar-refractivity contribution is 7.80.